The summed E-state index contributed by atoms with van der Waals surface area (Å²) in [6.07, 6.45) is 0. The molecule has 1 saturated carbocycles. The van der Waals surface area contributed by atoms with E-state index in [1.807, 2.05) is 6.92 Å². The molecule has 2 aromatic carbocycles. The number of hydrogen-bond donors (Lipinski definition) is 1. The number of carboxylic acids is 1. The van der Waals surface area contributed by atoms with E-state index in [2.05, 4.69) is 0 Å². The standard InChI is InChI=1S/C19H19FO5S/c1-12-6-8-15(9-7-12)26(23,24)17-16(13-4-3-5-14(20)10-13)19(17,11-25-2)18(21)22/h3-10,16-17H,11H2,1-2H3,(H,21,22). The molecule has 0 saturated heterocycles. The molecule has 3 atom stereocenters. The van der Waals surface area contributed by atoms with Crippen LogP contribution in [-0.4, -0.2) is 38.5 Å². The van der Waals surface area contributed by atoms with Crippen LogP contribution in [0, 0.1) is 18.2 Å². The summed E-state index contributed by atoms with van der Waals surface area (Å²) in [5.41, 5.74) is -0.417. The second-order valence-corrected chi connectivity index (χ2v) is 8.66. The number of halogens is 1. The fourth-order valence-corrected chi connectivity index (χ4v) is 5.99. The predicted molar refractivity (Wildman–Crippen MR) is 93.2 cm³/mol. The van der Waals surface area contributed by atoms with Crippen LogP contribution in [0.3, 0.4) is 0 Å². The van der Waals surface area contributed by atoms with Gasteiger partial charge in [0.15, 0.2) is 9.84 Å². The number of aliphatic carboxylic acids is 1. The average molecular weight is 378 g/mol. The van der Waals surface area contributed by atoms with E-state index in [1.54, 1.807) is 18.2 Å². The Morgan fingerprint density at radius 3 is 2.42 bits per heavy atom. The second-order valence-electron chi connectivity index (χ2n) is 6.59. The molecule has 1 aliphatic carbocycles. The molecule has 3 unspecified atom stereocenters. The number of benzene rings is 2. The summed E-state index contributed by atoms with van der Waals surface area (Å²) in [6.45, 7) is 1.55. The van der Waals surface area contributed by atoms with Gasteiger partial charge >= 0.3 is 5.97 Å². The van der Waals surface area contributed by atoms with Gasteiger partial charge in [-0.2, -0.15) is 0 Å². The first-order valence-electron chi connectivity index (χ1n) is 8.03. The predicted octanol–water partition coefficient (Wildman–Crippen LogP) is 2.79. The first kappa shape index (κ1) is 18.5. The van der Waals surface area contributed by atoms with E-state index in [-0.39, 0.29) is 11.5 Å². The number of carbonyl (C=O) groups is 1. The maximum Gasteiger partial charge on any atom is 0.314 e. The highest BCUT2D eigenvalue weighted by atomic mass is 32.2. The zero-order valence-corrected chi connectivity index (χ0v) is 15.2. The van der Waals surface area contributed by atoms with Crippen molar-refractivity contribution in [2.45, 2.75) is 23.0 Å². The Balaban J connectivity index is 2.13. The number of ether oxygens (including phenoxy) is 1. The largest absolute Gasteiger partial charge is 0.481 e. The molecule has 2 aromatic rings. The van der Waals surface area contributed by atoms with Gasteiger partial charge in [-0.1, -0.05) is 29.8 Å². The summed E-state index contributed by atoms with van der Waals surface area (Å²) in [7, 11) is -2.63. The monoisotopic (exact) mass is 378 g/mol. The molecule has 5 nitrogen and oxygen atoms in total. The molecule has 0 amide bonds. The van der Waals surface area contributed by atoms with E-state index < -0.39 is 38.2 Å². The van der Waals surface area contributed by atoms with E-state index in [9.17, 15) is 22.7 Å². The highest BCUT2D eigenvalue weighted by molar-refractivity contribution is 7.92. The lowest BCUT2D eigenvalue weighted by atomic mass is 10.00. The summed E-state index contributed by atoms with van der Waals surface area (Å²) in [4.78, 5) is 12.1. The molecule has 1 aliphatic rings. The van der Waals surface area contributed by atoms with Gasteiger partial charge in [0.2, 0.25) is 0 Å². The maximum absolute atomic E-state index is 13.7. The molecule has 26 heavy (non-hydrogen) atoms. The zero-order chi connectivity index (χ0) is 19.1. The van der Waals surface area contributed by atoms with E-state index in [4.69, 9.17) is 4.74 Å². The number of carboxylic acid groups (broad SMARTS) is 1. The van der Waals surface area contributed by atoms with Gasteiger partial charge in [0.25, 0.3) is 0 Å². The first-order valence-corrected chi connectivity index (χ1v) is 9.58. The fourth-order valence-electron chi connectivity index (χ4n) is 3.63. The van der Waals surface area contributed by atoms with Crippen molar-refractivity contribution in [2.24, 2.45) is 5.41 Å². The van der Waals surface area contributed by atoms with Crippen molar-refractivity contribution in [2.75, 3.05) is 13.7 Å². The quantitative estimate of drug-likeness (QED) is 0.836. The summed E-state index contributed by atoms with van der Waals surface area (Å²) < 4.78 is 45.0. The third-order valence-electron chi connectivity index (χ3n) is 4.93. The van der Waals surface area contributed by atoms with Crippen molar-refractivity contribution < 1.29 is 27.4 Å². The molecule has 7 heteroatoms. The maximum atomic E-state index is 13.7. The van der Waals surface area contributed by atoms with Crippen LogP contribution < -0.4 is 0 Å². The van der Waals surface area contributed by atoms with Crippen molar-refractivity contribution in [3.05, 3.63) is 65.5 Å². The van der Waals surface area contributed by atoms with Gasteiger partial charge in [-0.05, 0) is 36.8 Å². The molecular weight excluding hydrogens is 359 g/mol. The van der Waals surface area contributed by atoms with Crippen LogP contribution in [-0.2, 0) is 19.4 Å². The Labute approximate surface area is 151 Å². The molecule has 1 fully saturated rings. The van der Waals surface area contributed by atoms with E-state index >= 15 is 0 Å². The highest BCUT2D eigenvalue weighted by Gasteiger charge is 2.76. The number of rotatable bonds is 6. The van der Waals surface area contributed by atoms with E-state index in [0.29, 0.717) is 5.56 Å². The second kappa shape index (κ2) is 6.48. The average Bonchev–Trinajstić information content (AvgIpc) is 3.27. The number of aryl methyl sites for hydroxylation is 1. The number of hydrogen-bond acceptors (Lipinski definition) is 4. The van der Waals surface area contributed by atoms with Gasteiger partial charge in [0.1, 0.15) is 11.2 Å². The minimum atomic E-state index is -3.95. The summed E-state index contributed by atoms with van der Waals surface area (Å²) >= 11 is 0. The molecule has 0 bridgehead atoms. The Hall–Kier alpha value is -2.25. The van der Waals surface area contributed by atoms with Gasteiger partial charge in [-0.3, -0.25) is 4.79 Å². The molecule has 0 heterocycles. The van der Waals surface area contributed by atoms with Crippen LogP contribution in [0.1, 0.15) is 17.0 Å². The molecule has 3 rings (SSSR count). The molecule has 0 spiro atoms. The van der Waals surface area contributed by atoms with Crippen LogP contribution in [0.4, 0.5) is 4.39 Å². The lowest BCUT2D eigenvalue weighted by Gasteiger charge is -2.12. The minimum Gasteiger partial charge on any atom is -0.481 e. The fraction of sp³-hybridized carbons (Fsp3) is 0.316. The molecule has 0 aliphatic heterocycles. The van der Waals surface area contributed by atoms with Crippen molar-refractivity contribution in [3.8, 4) is 0 Å². The SMILES string of the molecule is COCC1(C(=O)O)C(c2cccc(F)c2)C1S(=O)(=O)c1ccc(C)cc1. The number of methoxy groups -OCH3 is 1. The summed E-state index contributed by atoms with van der Waals surface area (Å²) in [5.74, 6) is -2.70. The van der Waals surface area contributed by atoms with Gasteiger partial charge < -0.3 is 9.84 Å². The minimum absolute atomic E-state index is 0.0498. The molecule has 1 N–H and O–H groups in total. The smallest absolute Gasteiger partial charge is 0.314 e. The third kappa shape index (κ3) is 2.81. The normalized spacial score (nSPS) is 25.0. The Morgan fingerprint density at radius 2 is 1.88 bits per heavy atom. The number of sulfone groups is 1. The van der Waals surface area contributed by atoms with Gasteiger partial charge in [0.05, 0.1) is 16.8 Å². The van der Waals surface area contributed by atoms with Crippen LogP contribution in [0.2, 0.25) is 0 Å². The van der Waals surface area contributed by atoms with Crippen molar-refractivity contribution >= 4 is 15.8 Å². The van der Waals surface area contributed by atoms with Gasteiger partial charge in [-0.15, -0.1) is 0 Å². The lowest BCUT2D eigenvalue weighted by molar-refractivity contribution is -0.145. The summed E-state index contributed by atoms with van der Waals surface area (Å²) in [5, 5.41) is 8.60. The lowest BCUT2D eigenvalue weighted by Crippen LogP contribution is -2.28. The van der Waals surface area contributed by atoms with Gasteiger partial charge in [-0.25, -0.2) is 12.8 Å². The highest BCUT2D eigenvalue weighted by Crippen LogP contribution is 2.64. The van der Waals surface area contributed by atoms with Crippen LogP contribution in [0.15, 0.2) is 53.4 Å². The Kier molecular flexibility index (Phi) is 4.62. The zero-order valence-electron chi connectivity index (χ0n) is 14.3. The Morgan fingerprint density at radius 1 is 1.23 bits per heavy atom. The van der Waals surface area contributed by atoms with Crippen molar-refractivity contribution in [3.63, 3.8) is 0 Å². The van der Waals surface area contributed by atoms with E-state index in [0.717, 1.165) is 5.56 Å². The topological polar surface area (TPSA) is 80.7 Å². The van der Waals surface area contributed by atoms with Crippen LogP contribution in [0.25, 0.3) is 0 Å². The molecule has 0 aromatic heterocycles. The summed E-state index contributed by atoms with van der Waals surface area (Å²) in [6, 6.07) is 11.6. The molecule has 0 radical (unpaired) electrons. The molecule has 138 valence electrons. The van der Waals surface area contributed by atoms with Crippen molar-refractivity contribution in [1.82, 2.24) is 0 Å². The van der Waals surface area contributed by atoms with Crippen molar-refractivity contribution in [1.29, 1.82) is 0 Å². The Bertz CT molecular complexity index is 939. The molecular formula is C19H19FO5S. The third-order valence-corrected chi connectivity index (χ3v) is 7.22. The van der Waals surface area contributed by atoms with Crippen LogP contribution >= 0.6 is 0 Å². The van der Waals surface area contributed by atoms with Crippen LogP contribution in [0.5, 0.6) is 0 Å². The van der Waals surface area contributed by atoms with E-state index in [1.165, 1.54) is 37.4 Å². The van der Waals surface area contributed by atoms with Gasteiger partial charge in [0, 0.05) is 13.0 Å². The first-order chi connectivity index (χ1) is 12.2.